The van der Waals surface area contributed by atoms with Crippen LogP contribution in [0.4, 0.5) is 5.82 Å². The summed E-state index contributed by atoms with van der Waals surface area (Å²) in [6.45, 7) is 0. The van der Waals surface area contributed by atoms with Crippen molar-refractivity contribution in [2.24, 2.45) is 0 Å². The molecule has 2 aliphatic rings. The number of thiocarbonyl (C=S) groups is 1. The van der Waals surface area contributed by atoms with Crippen LogP contribution in [0, 0.1) is 0 Å². The highest BCUT2D eigenvalue weighted by molar-refractivity contribution is 8.26. The molecule has 2 fully saturated rings. The highest BCUT2D eigenvalue weighted by Crippen LogP contribution is 2.28. The molecular formula is C20H20N4OS2. The predicted octanol–water partition coefficient (Wildman–Crippen LogP) is 4.38. The Morgan fingerprint density at radius 3 is 2.85 bits per heavy atom. The van der Waals surface area contributed by atoms with E-state index in [2.05, 4.69) is 15.6 Å². The van der Waals surface area contributed by atoms with Crippen molar-refractivity contribution in [2.45, 2.75) is 38.1 Å². The van der Waals surface area contributed by atoms with Gasteiger partial charge in [-0.2, -0.15) is 0 Å². The van der Waals surface area contributed by atoms with E-state index in [-0.39, 0.29) is 5.91 Å². The Bertz CT molecular complexity index is 906. The second-order valence-electron chi connectivity index (χ2n) is 6.75. The number of amides is 1. The molecule has 1 amide bonds. The van der Waals surface area contributed by atoms with Crippen molar-refractivity contribution >= 4 is 46.1 Å². The highest BCUT2D eigenvalue weighted by Gasteiger charge is 2.22. The fourth-order valence-corrected chi connectivity index (χ4v) is 4.44. The number of hydrogen-bond acceptors (Lipinski definition) is 6. The molecule has 2 N–H and O–H groups in total. The zero-order valence-electron chi connectivity index (χ0n) is 14.8. The lowest BCUT2D eigenvalue weighted by atomic mass is 9.95. The van der Waals surface area contributed by atoms with Gasteiger partial charge in [-0.05, 0) is 30.5 Å². The summed E-state index contributed by atoms with van der Waals surface area (Å²) in [5.74, 6) is 0.674. The van der Waals surface area contributed by atoms with Crippen molar-refractivity contribution in [3.8, 4) is 11.3 Å². The predicted molar refractivity (Wildman–Crippen MR) is 114 cm³/mol. The number of thioether (sulfide) groups is 1. The second kappa shape index (κ2) is 8.19. The molecule has 0 spiro atoms. The number of aromatic nitrogens is 2. The van der Waals surface area contributed by atoms with E-state index in [1.54, 1.807) is 12.4 Å². The van der Waals surface area contributed by atoms with Gasteiger partial charge in [-0.1, -0.05) is 61.4 Å². The average Bonchev–Trinajstić information content (AvgIpc) is 3.00. The third-order valence-electron chi connectivity index (χ3n) is 4.71. The maximum atomic E-state index is 11.9. The Labute approximate surface area is 168 Å². The number of nitrogens with one attached hydrogen (secondary N) is 2. The SMILES string of the molecule is O=C1NC(=S)SC1=Cc1cccc(-c2cncc(NC3CCCCC3)n2)c1. The van der Waals surface area contributed by atoms with Crippen molar-refractivity contribution in [1.29, 1.82) is 0 Å². The first-order chi connectivity index (χ1) is 13.2. The van der Waals surface area contributed by atoms with Gasteiger partial charge in [0.25, 0.3) is 5.91 Å². The minimum absolute atomic E-state index is 0.145. The monoisotopic (exact) mass is 396 g/mol. The fourth-order valence-electron chi connectivity index (χ4n) is 3.39. The summed E-state index contributed by atoms with van der Waals surface area (Å²) >= 11 is 6.32. The molecule has 4 rings (SSSR count). The van der Waals surface area contributed by atoms with Crippen LogP contribution in [-0.4, -0.2) is 26.2 Å². The van der Waals surface area contributed by atoms with Gasteiger partial charge in [-0.25, -0.2) is 4.98 Å². The standard InChI is InChI=1S/C20H20N4OS2/c25-19-17(27-20(26)24-19)10-13-5-4-6-14(9-13)16-11-21-12-18(23-16)22-15-7-2-1-3-8-15/h4-6,9-12,15H,1-3,7-8H2,(H,22,23)(H,24,25,26). The van der Waals surface area contributed by atoms with Crippen LogP contribution in [0.25, 0.3) is 17.3 Å². The molecule has 2 heterocycles. The topological polar surface area (TPSA) is 66.9 Å². The number of carbonyl (C=O) groups excluding carboxylic acids is 1. The number of rotatable bonds is 4. The summed E-state index contributed by atoms with van der Waals surface area (Å²) in [6, 6.07) is 8.42. The molecule has 7 heteroatoms. The van der Waals surface area contributed by atoms with Gasteiger partial charge in [0.1, 0.15) is 10.1 Å². The lowest BCUT2D eigenvalue weighted by molar-refractivity contribution is -0.115. The normalized spacial score (nSPS) is 19.3. The Kier molecular flexibility index (Phi) is 5.50. The molecule has 0 radical (unpaired) electrons. The van der Waals surface area contributed by atoms with Gasteiger partial charge in [0.2, 0.25) is 0 Å². The van der Waals surface area contributed by atoms with E-state index < -0.39 is 0 Å². The van der Waals surface area contributed by atoms with Crippen LogP contribution < -0.4 is 10.6 Å². The van der Waals surface area contributed by atoms with E-state index >= 15 is 0 Å². The molecule has 0 bridgehead atoms. The van der Waals surface area contributed by atoms with Crippen LogP contribution in [0.3, 0.4) is 0 Å². The number of nitrogens with zero attached hydrogens (tertiary/aromatic N) is 2. The van der Waals surface area contributed by atoms with E-state index in [1.807, 2.05) is 30.3 Å². The van der Waals surface area contributed by atoms with Gasteiger partial charge in [-0.3, -0.25) is 9.78 Å². The first-order valence-electron chi connectivity index (χ1n) is 9.11. The van der Waals surface area contributed by atoms with Crippen LogP contribution in [0.1, 0.15) is 37.7 Å². The van der Waals surface area contributed by atoms with Crippen molar-refractivity contribution in [1.82, 2.24) is 15.3 Å². The lowest BCUT2D eigenvalue weighted by Gasteiger charge is -2.23. The molecule has 5 nitrogen and oxygen atoms in total. The maximum absolute atomic E-state index is 11.9. The van der Waals surface area contributed by atoms with Crippen molar-refractivity contribution < 1.29 is 4.79 Å². The molecule has 0 atom stereocenters. The van der Waals surface area contributed by atoms with E-state index in [0.29, 0.717) is 15.3 Å². The Morgan fingerprint density at radius 1 is 1.22 bits per heavy atom. The van der Waals surface area contributed by atoms with Crippen molar-refractivity contribution in [3.63, 3.8) is 0 Å². The summed E-state index contributed by atoms with van der Waals surface area (Å²) < 4.78 is 0.495. The van der Waals surface area contributed by atoms with Crippen molar-refractivity contribution in [2.75, 3.05) is 5.32 Å². The summed E-state index contributed by atoms with van der Waals surface area (Å²) in [7, 11) is 0. The Hall–Kier alpha value is -2.25. The molecule has 1 aliphatic heterocycles. The third kappa shape index (κ3) is 4.54. The largest absolute Gasteiger partial charge is 0.366 e. The second-order valence-corrected chi connectivity index (χ2v) is 8.47. The van der Waals surface area contributed by atoms with E-state index in [0.717, 1.165) is 22.6 Å². The molecule has 1 aliphatic carbocycles. The van der Waals surface area contributed by atoms with Gasteiger partial charge in [-0.15, -0.1) is 0 Å². The van der Waals surface area contributed by atoms with E-state index in [1.165, 1.54) is 43.9 Å². The Balaban J connectivity index is 1.55. The zero-order valence-corrected chi connectivity index (χ0v) is 16.4. The van der Waals surface area contributed by atoms with Crippen LogP contribution in [-0.2, 0) is 4.79 Å². The number of carbonyl (C=O) groups is 1. The van der Waals surface area contributed by atoms with E-state index in [9.17, 15) is 4.79 Å². The zero-order chi connectivity index (χ0) is 18.6. The molecule has 138 valence electrons. The van der Waals surface area contributed by atoms with Crippen molar-refractivity contribution in [3.05, 3.63) is 47.1 Å². The van der Waals surface area contributed by atoms with Gasteiger partial charge < -0.3 is 10.6 Å². The molecule has 2 aromatic rings. The van der Waals surface area contributed by atoms with Gasteiger partial charge >= 0.3 is 0 Å². The molecular weight excluding hydrogens is 376 g/mol. The van der Waals surface area contributed by atoms with E-state index in [4.69, 9.17) is 17.2 Å². The highest BCUT2D eigenvalue weighted by atomic mass is 32.2. The summed E-state index contributed by atoms with van der Waals surface area (Å²) in [6.07, 6.45) is 11.7. The lowest BCUT2D eigenvalue weighted by Crippen LogP contribution is -2.22. The summed E-state index contributed by atoms with van der Waals surface area (Å²) in [4.78, 5) is 21.6. The smallest absolute Gasteiger partial charge is 0.263 e. The Morgan fingerprint density at radius 2 is 2.07 bits per heavy atom. The van der Waals surface area contributed by atoms with Crippen LogP contribution >= 0.6 is 24.0 Å². The molecule has 0 unspecified atom stereocenters. The van der Waals surface area contributed by atoms with Crippen LogP contribution in [0.15, 0.2) is 41.6 Å². The van der Waals surface area contributed by atoms with Crippen LogP contribution in [0.2, 0.25) is 0 Å². The molecule has 1 aromatic carbocycles. The third-order valence-corrected chi connectivity index (χ3v) is 5.88. The number of anilines is 1. The van der Waals surface area contributed by atoms with Gasteiger partial charge in [0.05, 0.1) is 23.0 Å². The maximum Gasteiger partial charge on any atom is 0.263 e. The fraction of sp³-hybridized carbons (Fsp3) is 0.300. The van der Waals surface area contributed by atoms with Crippen LogP contribution in [0.5, 0.6) is 0 Å². The average molecular weight is 397 g/mol. The molecule has 27 heavy (non-hydrogen) atoms. The molecule has 1 saturated heterocycles. The minimum atomic E-state index is -0.145. The van der Waals surface area contributed by atoms with Gasteiger partial charge in [0, 0.05) is 11.6 Å². The number of hydrogen-bond donors (Lipinski definition) is 2. The van der Waals surface area contributed by atoms with Gasteiger partial charge in [0.15, 0.2) is 0 Å². The molecule has 1 saturated carbocycles. The quantitative estimate of drug-likeness (QED) is 0.591. The first-order valence-corrected chi connectivity index (χ1v) is 10.3. The number of benzene rings is 1. The summed E-state index contributed by atoms with van der Waals surface area (Å²) in [5.41, 5.74) is 2.72. The minimum Gasteiger partial charge on any atom is -0.366 e. The molecule has 1 aromatic heterocycles. The first kappa shape index (κ1) is 18.1. The summed E-state index contributed by atoms with van der Waals surface area (Å²) in [5, 5.41) is 6.16.